The molecule has 0 unspecified atom stereocenters. The van der Waals surface area contributed by atoms with Crippen molar-refractivity contribution in [3.63, 3.8) is 0 Å². The van der Waals surface area contributed by atoms with E-state index in [4.69, 9.17) is 14.2 Å². The molecule has 0 saturated heterocycles. The van der Waals surface area contributed by atoms with Gasteiger partial charge in [0.25, 0.3) is 5.91 Å². The van der Waals surface area contributed by atoms with Crippen molar-refractivity contribution in [1.29, 1.82) is 0 Å². The fourth-order valence-corrected chi connectivity index (χ4v) is 2.98. The summed E-state index contributed by atoms with van der Waals surface area (Å²) in [6.07, 6.45) is 1.66. The Bertz CT molecular complexity index is 759. The van der Waals surface area contributed by atoms with Gasteiger partial charge in [-0.05, 0) is 37.6 Å². The maximum atomic E-state index is 12.8. The van der Waals surface area contributed by atoms with Crippen LogP contribution in [0.2, 0.25) is 0 Å². The molecule has 0 fully saturated rings. The van der Waals surface area contributed by atoms with Crippen LogP contribution < -0.4 is 19.5 Å². The Morgan fingerprint density at radius 3 is 2.81 bits per heavy atom. The minimum absolute atomic E-state index is 0.0565. The number of amides is 1. The third-order valence-corrected chi connectivity index (χ3v) is 4.23. The van der Waals surface area contributed by atoms with Gasteiger partial charge in [0.2, 0.25) is 0 Å². The highest BCUT2D eigenvalue weighted by Gasteiger charge is 2.23. The van der Waals surface area contributed by atoms with E-state index in [1.807, 2.05) is 38.1 Å². The Kier molecular flexibility index (Phi) is 6.00. The lowest BCUT2D eigenvalue weighted by molar-refractivity contribution is 0.0924. The van der Waals surface area contributed by atoms with Crippen molar-refractivity contribution in [2.45, 2.75) is 32.7 Å². The van der Waals surface area contributed by atoms with E-state index in [-0.39, 0.29) is 11.9 Å². The van der Waals surface area contributed by atoms with E-state index in [0.717, 1.165) is 24.2 Å². The molecule has 3 rings (SSSR count). The van der Waals surface area contributed by atoms with Crippen LogP contribution in [0.3, 0.4) is 0 Å². The molecule has 0 bridgehead atoms. The van der Waals surface area contributed by atoms with Crippen molar-refractivity contribution >= 4 is 5.91 Å². The monoisotopic (exact) mass is 355 g/mol. The quantitative estimate of drug-likeness (QED) is 0.811. The summed E-state index contributed by atoms with van der Waals surface area (Å²) in [6, 6.07) is 13.1. The first kappa shape index (κ1) is 18.1. The third kappa shape index (κ3) is 4.10. The second-order valence-corrected chi connectivity index (χ2v) is 6.14. The standard InChI is InChI=1S/C21H25NO4/c1-3-12-25-19-10-9-15(14-20(19)24-4-2)21(23)22-17-11-13-26-18-8-6-5-7-16(17)18/h5-10,14,17H,3-4,11-13H2,1-2H3,(H,22,23)/t17-/m0/s1. The molecule has 138 valence electrons. The molecule has 1 amide bonds. The summed E-state index contributed by atoms with van der Waals surface area (Å²) in [5.74, 6) is 1.97. The summed E-state index contributed by atoms with van der Waals surface area (Å²) in [4.78, 5) is 12.8. The molecule has 2 aromatic carbocycles. The van der Waals surface area contributed by atoms with Crippen molar-refractivity contribution in [2.24, 2.45) is 0 Å². The molecule has 0 aliphatic carbocycles. The number of nitrogens with one attached hydrogen (secondary N) is 1. The van der Waals surface area contributed by atoms with E-state index < -0.39 is 0 Å². The predicted octanol–water partition coefficient (Wildman–Crippen LogP) is 4.13. The molecule has 2 aromatic rings. The van der Waals surface area contributed by atoms with Gasteiger partial charge in [-0.15, -0.1) is 0 Å². The van der Waals surface area contributed by atoms with Gasteiger partial charge in [-0.2, -0.15) is 0 Å². The first-order valence-electron chi connectivity index (χ1n) is 9.15. The molecular weight excluding hydrogens is 330 g/mol. The van der Waals surface area contributed by atoms with Crippen molar-refractivity contribution in [3.05, 3.63) is 53.6 Å². The highest BCUT2D eigenvalue weighted by Crippen LogP contribution is 2.32. The summed E-state index contributed by atoms with van der Waals surface area (Å²) in [7, 11) is 0. The number of carbonyl (C=O) groups is 1. The second kappa shape index (κ2) is 8.61. The van der Waals surface area contributed by atoms with Crippen LogP contribution in [-0.4, -0.2) is 25.7 Å². The van der Waals surface area contributed by atoms with E-state index in [0.29, 0.717) is 36.9 Å². The zero-order chi connectivity index (χ0) is 18.4. The van der Waals surface area contributed by atoms with Gasteiger partial charge in [0.05, 0.1) is 25.9 Å². The smallest absolute Gasteiger partial charge is 0.251 e. The van der Waals surface area contributed by atoms with Crippen LogP contribution in [0.4, 0.5) is 0 Å². The van der Waals surface area contributed by atoms with Crippen molar-refractivity contribution in [2.75, 3.05) is 19.8 Å². The summed E-state index contributed by atoms with van der Waals surface area (Å²) in [6.45, 7) is 5.69. The predicted molar refractivity (Wildman–Crippen MR) is 100 cm³/mol. The van der Waals surface area contributed by atoms with E-state index in [2.05, 4.69) is 5.32 Å². The summed E-state index contributed by atoms with van der Waals surface area (Å²) < 4.78 is 17.0. The Hall–Kier alpha value is -2.69. The number of rotatable bonds is 7. The van der Waals surface area contributed by atoms with Gasteiger partial charge in [0.1, 0.15) is 5.75 Å². The topological polar surface area (TPSA) is 56.8 Å². The molecule has 1 aliphatic heterocycles. The molecule has 1 N–H and O–H groups in total. The first-order chi connectivity index (χ1) is 12.7. The third-order valence-electron chi connectivity index (χ3n) is 4.23. The molecule has 0 spiro atoms. The molecular formula is C21H25NO4. The van der Waals surface area contributed by atoms with Gasteiger partial charge in [0.15, 0.2) is 11.5 Å². The lowest BCUT2D eigenvalue weighted by atomic mass is 10.00. The van der Waals surface area contributed by atoms with Crippen LogP contribution >= 0.6 is 0 Å². The Morgan fingerprint density at radius 2 is 2.00 bits per heavy atom. The van der Waals surface area contributed by atoms with Gasteiger partial charge in [-0.25, -0.2) is 0 Å². The van der Waals surface area contributed by atoms with Crippen molar-refractivity contribution in [3.8, 4) is 17.2 Å². The second-order valence-electron chi connectivity index (χ2n) is 6.14. The fourth-order valence-electron chi connectivity index (χ4n) is 2.98. The maximum absolute atomic E-state index is 12.8. The van der Waals surface area contributed by atoms with Crippen molar-refractivity contribution in [1.82, 2.24) is 5.32 Å². The normalized spacial score (nSPS) is 15.5. The van der Waals surface area contributed by atoms with Gasteiger partial charge in [0, 0.05) is 17.5 Å². The van der Waals surface area contributed by atoms with E-state index in [1.165, 1.54) is 0 Å². The number of ether oxygens (including phenoxy) is 3. The SMILES string of the molecule is CCCOc1ccc(C(=O)N[C@H]2CCOc3ccccc32)cc1OCC. The molecule has 5 heteroatoms. The van der Waals surface area contributed by atoms with Crippen LogP contribution in [0.25, 0.3) is 0 Å². The van der Waals surface area contributed by atoms with Gasteiger partial charge in [-0.1, -0.05) is 25.1 Å². The molecule has 0 saturated carbocycles. The van der Waals surface area contributed by atoms with Crippen LogP contribution in [0.1, 0.15) is 48.7 Å². The molecule has 1 heterocycles. The molecule has 1 aliphatic rings. The molecule has 0 radical (unpaired) electrons. The number of hydrogen-bond donors (Lipinski definition) is 1. The number of benzene rings is 2. The fraction of sp³-hybridized carbons (Fsp3) is 0.381. The highest BCUT2D eigenvalue weighted by molar-refractivity contribution is 5.95. The molecule has 26 heavy (non-hydrogen) atoms. The van der Waals surface area contributed by atoms with Gasteiger partial charge >= 0.3 is 0 Å². The Balaban J connectivity index is 1.77. The molecule has 5 nitrogen and oxygen atoms in total. The minimum Gasteiger partial charge on any atom is -0.493 e. The number of fused-ring (bicyclic) bond motifs is 1. The average molecular weight is 355 g/mol. The largest absolute Gasteiger partial charge is 0.493 e. The van der Waals surface area contributed by atoms with Crippen LogP contribution in [0, 0.1) is 0 Å². The lowest BCUT2D eigenvalue weighted by Gasteiger charge is -2.26. The van der Waals surface area contributed by atoms with E-state index in [9.17, 15) is 4.79 Å². The van der Waals surface area contributed by atoms with Crippen LogP contribution in [0.15, 0.2) is 42.5 Å². The van der Waals surface area contributed by atoms with Gasteiger partial charge < -0.3 is 19.5 Å². The molecule has 1 atom stereocenters. The number of hydrogen-bond acceptors (Lipinski definition) is 4. The zero-order valence-corrected chi connectivity index (χ0v) is 15.3. The van der Waals surface area contributed by atoms with Gasteiger partial charge in [-0.3, -0.25) is 4.79 Å². The van der Waals surface area contributed by atoms with Crippen LogP contribution in [0.5, 0.6) is 17.2 Å². The number of carbonyl (C=O) groups excluding carboxylic acids is 1. The Morgan fingerprint density at radius 1 is 1.15 bits per heavy atom. The maximum Gasteiger partial charge on any atom is 0.251 e. The molecule has 0 aromatic heterocycles. The Labute approximate surface area is 154 Å². The first-order valence-corrected chi connectivity index (χ1v) is 9.15. The zero-order valence-electron chi connectivity index (χ0n) is 15.3. The number of para-hydroxylation sites is 1. The van der Waals surface area contributed by atoms with Crippen LogP contribution in [-0.2, 0) is 0 Å². The summed E-state index contributed by atoms with van der Waals surface area (Å²) in [5.41, 5.74) is 1.57. The average Bonchev–Trinajstić information content (AvgIpc) is 2.67. The summed E-state index contributed by atoms with van der Waals surface area (Å²) >= 11 is 0. The summed E-state index contributed by atoms with van der Waals surface area (Å²) in [5, 5.41) is 3.11. The van der Waals surface area contributed by atoms with Crippen molar-refractivity contribution < 1.29 is 19.0 Å². The highest BCUT2D eigenvalue weighted by atomic mass is 16.5. The minimum atomic E-state index is -0.130. The van der Waals surface area contributed by atoms with E-state index in [1.54, 1.807) is 18.2 Å². The lowest BCUT2D eigenvalue weighted by Crippen LogP contribution is -2.32. The van der Waals surface area contributed by atoms with E-state index >= 15 is 0 Å².